The van der Waals surface area contributed by atoms with Gasteiger partial charge < -0.3 is 15.5 Å². The summed E-state index contributed by atoms with van der Waals surface area (Å²) in [6, 6.07) is 0. The van der Waals surface area contributed by atoms with Crippen LogP contribution in [-0.4, -0.2) is 55.1 Å². The monoisotopic (exact) mass is 282 g/mol. The minimum absolute atomic E-state index is 0.133. The maximum Gasteiger partial charge on any atom is 0.220 e. The highest BCUT2D eigenvalue weighted by molar-refractivity contribution is 7.07. The van der Waals surface area contributed by atoms with Gasteiger partial charge in [0.1, 0.15) is 0 Å². The molecule has 0 bridgehead atoms. The van der Waals surface area contributed by atoms with Gasteiger partial charge in [0.25, 0.3) is 0 Å². The molecule has 1 aliphatic rings. The second-order valence-electron chi connectivity index (χ2n) is 4.77. The number of carbonyl (C=O) groups is 1. The van der Waals surface area contributed by atoms with Crippen molar-refractivity contribution < 1.29 is 4.79 Å². The van der Waals surface area contributed by atoms with Crippen LogP contribution in [-0.2, 0) is 11.2 Å². The Hall–Kier alpha value is -0.980. The third kappa shape index (κ3) is 5.67. The fraction of sp³-hybridized carbons (Fsp3) is 0.692. The summed E-state index contributed by atoms with van der Waals surface area (Å²) >= 11 is 1.58. The first kappa shape index (κ1) is 14.4. The van der Waals surface area contributed by atoms with E-state index >= 15 is 0 Å². The van der Waals surface area contributed by atoms with E-state index in [1.54, 1.807) is 16.8 Å². The summed E-state index contributed by atoms with van der Waals surface area (Å²) in [5, 5.41) is 8.31. The fourth-order valence-electron chi connectivity index (χ4n) is 2.16. The highest BCUT2D eigenvalue weighted by atomic mass is 32.1. The zero-order valence-electron chi connectivity index (χ0n) is 11.2. The van der Waals surface area contributed by atoms with Gasteiger partial charge in [-0.3, -0.25) is 4.79 Å². The lowest BCUT2D eigenvalue weighted by atomic mass is 10.2. The van der Waals surface area contributed by atoms with Crippen LogP contribution in [0.1, 0.15) is 18.5 Å². The van der Waals surface area contributed by atoms with Gasteiger partial charge in [-0.05, 0) is 19.4 Å². The van der Waals surface area contributed by atoms with E-state index in [1.165, 1.54) is 0 Å². The number of aromatic nitrogens is 1. The second-order valence-corrected chi connectivity index (χ2v) is 5.49. The average Bonchev–Trinajstić information content (AvgIpc) is 2.96. The molecule has 1 fully saturated rings. The molecule has 1 aromatic heterocycles. The molecule has 6 heteroatoms. The van der Waals surface area contributed by atoms with Gasteiger partial charge in [-0.1, -0.05) is 0 Å². The van der Waals surface area contributed by atoms with E-state index in [0.717, 1.165) is 57.8 Å². The summed E-state index contributed by atoms with van der Waals surface area (Å²) in [6.07, 6.45) is 2.31. The van der Waals surface area contributed by atoms with Crippen molar-refractivity contribution in [2.75, 3.05) is 39.3 Å². The van der Waals surface area contributed by atoms with Crippen LogP contribution in [0.2, 0.25) is 0 Å². The van der Waals surface area contributed by atoms with E-state index in [-0.39, 0.29) is 5.91 Å². The molecule has 1 amide bonds. The maximum atomic E-state index is 11.6. The zero-order valence-corrected chi connectivity index (χ0v) is 12.0. The summed E-state index contributed by atoms with van der Waals surface area (Å²) in [7, 11) is 0. The summed E-state index contributed by atoms with van der Waals surface area (Å²) in [4.78, 5) is 18.2. The summed E-state index contributed by atoms with van der Waals surface area (Å²) in [5.74, 6) is 0.133. The molecular formula is C13H22N4OS. The van der Waals surface area contributed by atoms with Gasteiger partial charge in [0.2, 0.25) is 5.91 Å². The van der Waals surface area contributed by atoms with E-state index in [9.17, 15) is 4.79 Å². The van der Waals surface area contributed by atoms with Crippen LogP contribution in [0.25, 0.3) is 0 Å². The fourth-order valence-corrected chi connectivity index (χ4v) is 2.75. The number of nitrogens with zero attached hydrogens (tertiary/aromatic N) is 2. The molecule has 1 saturated heterocycles. The predicted molar refractivity (Wildman–Crippen MR) is 77.4 cm³/mol. The number of rotatable bonds is 7. The largest absolute Gasteiger partial charge is 0.356 e. The molecule has 0 radical (unpaired) electrons. The Morgan fingerprint density at radius 1 is 1.47 bits per heavy atom. The van der Waals surface area contributed by atoms with E-state index < -0.39 is 0 Å². The van der Waals surface area contributed by atoms with Crippen molar-refractivity contribution in [1.82, 2.24) is 20.5 Å². The summed E-state index contributed by atoms with van der Waals surface area (Å²) < 4.78 is 0. The highest BCUT2D eigenvalue weighted by Crippen LogP contribution is 2.03. The zero-order chi connectivity index (χ0) is 13.3. The van der Waals surface area contributed by atoms with Crippen molar-refractivity contribution in [3.05, 3.63) is 16.6 Å². The van der Waals surface area contributed by atoms with Gasteiger partial charge in [0, 0.05) is 44.5 Å². The first-order valence-electron chi connectivity index (χ1n) is 6.91. The van der Waals surface area contributed by atoms with Crippen LogP contribution in [0, 0.1) is 0 Å². The Labute approximate surface area is 118 Å². The molecule has 5 nitrogen and oxygen atoms in total. The van der Waals surface area contributed by atoms with Gasteiger partial charge in [-0.2, -0.15) is 0 Å². The van der Waals surface area contributed by atoms with E-state index in [1.807, 2.05) is 5.38 Å². The Balaban J connectivity index is 1.49. The van der Waals surface area contributed by atoms with E-state index in [2.05, 4.69) is 20.5 Å². The van der Waals surface area contributed by atoms with Gasteiger partial charge in [-0.15, -0.1) is 11.3 Å². The predicted octanol–water partition coefficient (Wildman–Crippen LogP) is 0.487. The number of piperazine rings is 1. The number of nitrogens with one attached hydrogen (secondary N) is 2. The normalized spacial score (nSPS) is 16.4. The van der Waals surface area contributed by atoms with Crippen LogP contribution in [0.4, 0.5) is 0 Å². The second kappa shape index (κ2) is 8.24. The van der Waals surface area contributed by atoms with Crippen LogP contribution in [0.15, 0.2) is 10.9 Å². The van der Waals surface area contributed by atoms with Crippen molar-refractivity contribution in [3.63, 3.8) is 0 Å². The Bertz CT molecular complexity index is 363. The van der Waals surface area contributed by atoms with E-state index in [4.69, 9.17) is 0 Å². The quantitative estimate of drug-likeness (QED) is 0.715. The standard InChI is InChI=1S/C13H22N4OS/c18-13(3-2-12-10-19-11-16-12)15-4-1-7-17-8-5-14-6-9-17/h10-11,14H,1-9H2,(H,15,18). The average molecular weight is 282 g/mol. The summed E-state index contributed by atoms with van der Waals surface area (Å²) in [6.45, 7) is 6.27. The molecule has 2 N–H and O–H groups in total. The summed E-state index contributed by atoms with van der Waals surface area (Å²) in [5.41, 5.74) is 2.82. The first-order chi connectivity index (χ1) is 9.34. The van der Waals surface area contributed by atoms with Gasteiger partial charge in [-0.25, -0.2) is 4.98 Å². The van der Waals surface area contributed by atoms with Crippen molar-refractivity contribution >= 4 is 17.2 Å². The molecule has 0 aliphatic carbocycles. The molecule has 2 rings (SSSR count). The SMILES string of the molecule is O=C(CCc1cscn1)NCCCN1CCNCC1. The van der Waals surface area contributed by atoms with Crippen molar-refractivity contribution in [3.8, 4) is 0 Å². The lowest BCUT2D eigenvalue weighted by Crippen LogP contribution is -2.44. The van der Waals surface area contributed by atoms with Crippen molar-refractivity contribution in [1.29, 1.82) is 0 Å². The number of carbonyl (C=O) groups excluding carboxylic acids is 1. The molecule has 1 aliphatic heterocycles. The van der Waals surface area contributed by atoms with Crippen LogP contribution in [0.5, 0.6) is 0 Å². The minimum Gasteiger partial charge on any atom is -0.356 e. The van der Waals surface area contributed by atoms with Crippen LogP contribution >= 0.6 is 11.3 Å². The third-order valence-corrected chi connectivity index (χ3v) is 3.91. The molecular weight excluding hydrogens is 260 g/mol. The molecule has 0 spiro atoms. The Morgan fingerprint density at radius 2 is 2.32 bits per heavy atom. The van der Waals surface area contributed by atoms with Gasteiger partial charge >= 0.3 is 0 Å². The minimum atomic E-state index is 0.133. The lowest BCUT2D eigenvalue weighted by molar-refractivity contribution is -0.121. The molecule has 2 heterocycles. The smallest absolute Gasteiger partial charge is 0.220 e. The molecule has 0 atom stereocenters. The Kier molecular flexibility index (Phi) is 6.26. The van der Waals surface area contributed by atoms with Gasteiger partial charge in [0.15, 0.2) is 0 Å². The molecule has 0 saturated carbocycles. The number of aryl methyl sites for hydroxylation is 1. The molecule has 19 heavy (non-hydrogen) atoms. The highest BCUT2D eigenvalue weighted by Gasteiger charge is 2.08. The lowest BCUT2D eigenvalue weighted by Gasteiger charge is -2.27. The van der Waals surface area contributed by atoms with Crippen LogP contribution in [0.3, 0.4) is 0 Å². The molecule has 106 valence electrons. The number of hydrogen-bond donors (Lipinski definition) is 2. The number of thiazole rings is 1. The number of amides is 1. The van der Waals surface area contributed by atoms with Crippen molar-refractivity contribution in [2.45, 2.75) is 19.3 Å². The Morgan fingerprint density at radius 3 is 3.05 bits per heavy atom. The van der Waals surface area contributed by atoms with Crippen LogP contribution < -0.4 is 10.6 Å². The van der Waals surface area contributed by atoms with Crippen molar-refractivity contribution in [2.24, 2.45) is 0 Å². The molecule has 1 aromatic rings. The van der Waals surface area contributed by atoms with E-state index in [0.29, 0.717) is 6.42 Å². The maximum absolute atomic E-state index is 11.6. The van der Waals surface area contributed by atoms with Gasteiger partial charge in [0.05, 0.1) is 11.2 Å². The third-order valence-electron chi connectivity index (χ3n) is 3.27. The number of hydrogen-bond acceptors (Lipinski definition) is 5. The molecule has 0 unspecified atom stereocenters. The molecule has 0 aromatic carbocycles. The topological polar surface area (TPSA) is 57.3 Å². The first-order valence-corrected chi connectivity index (χ1v) is 7.86.